The summed E-state index contributed by atoms with van der Waals surface area (Å²) < 4.78 is 79.0. The zero-order valence-corrected chi connectivity index (χ0v) is 11.2. The molecule has 0 aliphatic rings. The van der Waals surface area contributed by atoms with Gasteiger partial charge in [0.05, 0.1) is 6.61 Å². The molecule has 0 unspecified atom stereocenters. The van der Waals surface area contributed by atoms with E-state index in [0.717, 1.165) is 30.5 Å². The van der Waals surface area contributed by atoms with Crippen LogP contribution in [0, 0.1) is 0 Å². The van der Waals surface area contributed by atoms with Crippen molar-refractivity contribution in [2.45, 2.75) is 19.1 Å². The number of aliphatic hydroxyl groups is 1. The van der Waals surface area contributed by atoms with Crippen molar-refractivity contribution < 1.29 is 36.2 Å². The molecule has 0 fully saturated rings. The van der Waals surface area contributed by atoms with Crippen LogP contribution in [0.5, 0.6) is 5.75 Å². The average Bonchev–Trinajstić information content (AvgIpc) is 2.44. The fraction of sp³-hybridized carbons (Fsp3) is 0.214. The van der Waals surface area contributed by atoms with Crippen molar-refractivity contribution in [1.29, 1.82) is 0 Å². The van der Waals surface area contributed by atoms with Crippen LogP contribution in [0.3, 0.4) is 0 Å². The van der Waals surface area contributed by atoms with Crippen molar-refractivity contribution in [2.75, 3.05) is 0 Å². The summed E-state index contributed by atoms with van der Waals surface area (Å²) in [5.74, 6) is -0.566. The molecule has 124 valence electrons. The van der Waals surface area contributed by atoms with Crippen LogP contribution < -0.4 is 4.74 Å². The van der Waals surface area contributed by atoms with Gasteiger partial charge in [0.2, 0.25) is 0 Å². The maximum atomic E-state index is 13.0. The highest BCUT2D eigenvalue weighted by molar-refractivity contribution is 5.70. The van der Waals surface area contributed by atoms with Crippen LogP contribution in [0.2, 0.25) is 0 Å². The maximum absolute atomic E-state index is 13.0. The second-order valence-electron chi connectivity index (χ2n) is 4.42. The Morgan fingerprint density at radius 3 is 2.04 bits per heavy atom. The maximum Gasteiger partial charge on any atom is 0.573 e. The van der Waals surface area contributed by atoms with E-state index in [1.54, 1.807) is 0 Å². The molecule has 0 spiro atoms. The van der Waals surface area contributed by atoms with Gasteiger partial charge in [-0.25, -0.2) is 0 Å². The lowest BCUT2D eigenvalue weighted by Crippen LogP contribution is -2.17. The van der Waals surface area contributed by atoms with Crippen molar-refractivity contribution >= 4 is 0 Å². The lowest BCUT2D eigenvalue weighted by molar-refractivity contribution is -0.274. The SMILES string of the molecule is OCc1ccnc(C(F)(F)F)c1-c1ccc(OC(F)(F)F)cc1. The van der Waals surface area contributed by atoms with E-state index in [9.17, 15) is 31.4 Å². The molecule has 1 N–H and O–H groups in total. The first-order valence-corrected chi connectivity index (χ1v) is 6.14. The summed E-state index contributed by atoms with van der Waals surface area (Å²) in [6.45, 7) is -0.679. The summed E-state index contributed by atoms with van der Waals surface area (Å²) in [6, 6.07) is 5.04. The van der Waals surface area contributed by atoms with Crippen molar-refractivity contribution in [3.05, 3.63) is 47.8 Å². The fourth-order valence-corrected chi connectivity index (χ4v) is 1.99. The molecule has 9 heteroatoms. The zero-order chi connectivity index (χ0) is 17.3. The molecular formula is C14H9F6NO2. The van der Waals surface area contributed by atoms with Crippen molar-refractivity contribution in [2.24, 2.45) is 0 Å². The number of halogens is 6. The molecule has 0 saturated heterocycles. The quantitative estimate of drug-likeness (QED) is 0.856. The topological polar surface area (TPSA) is 42.4 Å². The Morgan fingerprint density at radius 2 is 1.57 bits per heavy atom. The molecule has 0 atom stereocenters. The van der Waals surface area contributed by atoms with Gasteiger partial charge in [-0.1, -0.05) is 12.1 Å². The summed E-state index contributed by atoms with van der Waals surface area (Å²) in [4.78, 5) is 3.27. The minimum atomic E-state index is -4.90. The van der Waals surface area contributed by atoms with Crippen LogP contribution in [0.25, 0.3) is 11.1 Å². The van der Waals surface area contributed by atoms with Gasteiger partial charge >= 0.3 is 12.5 Å². The number of hydrogen-bond donors (Lipinski definition) is 1. The van der Waals surface area contributed by atoms with E-state index in [4.69, 9.17) is 0 Å². The molecule has 0 bridgehead atoms. The minimum Gasteiger partial charge on any atom is -0.406 e. The van der Waals surface area contributed by atoms with E-state index in [0.29, 0.717) is 0 Å². The Bertz CT molecular complexity index is 679. The third-order valence-electron chi connectivity index (χ3n) is 2.85. The van der Waals surface area contributed by atoms with Crippen LogP contribution in [0.15, 0.2) is 36.5 Å². The molecule has 23 heavy (non-hydrogen) atoms. The first-order chi connectivity index (χ1) is 10.6. The smallest absolute Gasteiger partial charge is 0.406 e. The number of nitrogens with zero attached hydrogens (tertiary/aromatic N) is 1. The predicted octanol–water partition coefficient (Wildman–Crippen LogP) is 4.16. The van der Waals surface area contributed by atoms with E-state index >= 15 is 0 Å². The highest BCUT2D eigenvalue weighted by Gasteiger charge is 2.36. The highest BCUT2D eigenvalue weighted by atomic mass is 19.4. The number of pyridine rings is 1. The zero-order valence-electron chi connectivity index (χ0n) is 11.2. The second-order valence-corrected chi connectivity index (χ2v) is 4.42. The van der Waals surface area contributed by atoms with Crippen LogP contribution in [-0.2, 0) is 12.8 Å². The van der Waals surface area contributed by atoms with E-state index in [1.807, 2.05) is 0 Å². The van der Waals surface area contributed by atoms with Crippen LogP contribution in [0.1, 0.15) is 11.3 Å². The van der Waals surface area contributed by atoms with Crippen molar-refractivity contribution in [3.63, 3.8) is 0 Å². The summed E-state index contributed by atoms with van der Waals surface area (Å²) in [6.07, 6.45) is -8.77. The van der Waals surface area contributed by atoms with Gasteiger partial charge in [-0.05, 0) is 29.3 Å². The average molecular weight is 337 g/mol. The van der Waals surface area contributed by atoms with Crippen LogP contribution in [-0.4, -0.2) is 16.5 Å². The van der Waals surface area contributed by atoms with Gasteiger partial charge in [0.1, 0.15) is 5.75 Å². The van der Waals surface area contributed by atoms with Gasteiger partial charge in [-0.2, -0.15) is 13.2 Å². The second kappa shape index (κ2) is 6.07. The summed E-state index contributed by atoms with van der Waals surface area (Å²) in [7, 11) is 0. The molecule has 3 nitrogen and oxygen atoms in total. The summed E-state index contributed by atoms with van der Waals surface area (Å²) in [5.41, 5.74) is -1.70. The summed E-state index contributed by atoms with van der Waals surface area (Å²) in [5, 5.41) is 9.21. The first kappa shape index (κ1) is 17.1. The third kappa shape index (κ3) is 4.13. The van der Waals surface area contributed by atoms with Gasteiger partial charge in [0.15, 0.2) is 5.69 Å². The number of rotatable bonds is 3. The summed E-state index contributed by atoms with van der Waals surface area (Å²) >= 11 is 0. The molecular weight excluding hydrogens is 328 g/mol. The van der Waals surface area contributed by atoms with Gasteiger partial charge < -0.3 is 9.84 Å². The number of aliphatic hydroxyl groups excluding tert-OH is 1. The Hall–Kier alpha value is -2.29. The molecule has 1 aromatic carbocycles. The molecule has 0 radical (unpaired) electrons. The molecule has 0 amide bonds. The van der Waals surface area contributed by atoms with E-state index < -0.39 is 30.6 Å². The Labute approximate surface area is 126 Å². The number of alkyl halides is 6. The molecule has 2 aromatic rings. The largest absolute Gasteiger partial charge is 0.573 e. The van der Waals surface area contributed by atoms with Gasteiger partial charge in [-0.3, -0.25) is 4.98 Å². The van der Waals surface area contributed by atoms with Gasteiger partial charge in [0.25, 0.3) is 0 Å². The monoisotopic (exact) mass is 337 g/mol. The molecule has 1 heterocycles. The number of hydrogen-bond acceptors (Lipinski definition) is 3. The Morgan fingerprint density at radius 1 is 0.957 bits per heavy atom. The Kier molecular flexibility index (Phi) is 4.51. The Balaban J connectivity index is 2.49. The number of ether oxygens (including phenoxy) is 1. The molecule has 0 aliphatic carbocycles. The van der Waals surface area contributed by atoms with Crippen LogP contribution in [0.4, 0.5) is 26.3 Å². The minimum absolute atomic E-state index is 0.0380. The normalized spacial score (nSPS) is 12.3. The van der Waals surface area contributed by atoms with Gasteiger partial charge in [0, 0.05) is 11.8 Å². The first-order valence-electron chi connectivity index (χ1n) is 6.14. The van der Waals surface area contributed by atoms with Gasteiger partial charge in [-0.15, -0.1) is 13.2 Å². The lowest BCUT2D eigenvalue weighted by atomic mass is 9.98. The number of aromatic nitrogens is 1. The molecule has 0 aliphatic heterocycles. The van der Waals surface area contributed by atoms with Crippen molar-refractivity contribution in [1.82, 2.24) is 4.98 Å². The van der Waals surface area contributed by atoms with E-state index in [2.05, 4.69) is 9.72 Å². The molecule has 1 aromatic heterocycles. The van der Waals surface area contributed by atoms with E-state index in [1.165, 1.54) is 6.07 Å². The third-order valence-corrected chi connectivity index (χ3v) is 2.85. The predicted molar refractivity (Wildman–Crippen MR) is 67.3 cm³/mol. The van der Waals surface area contributed by atoms with E-state index in [-0.39, 0.29) is 16.7 Å². The molecule has 0 saturated carbocycles. The van der Waals surface area contributed by atoms with Crippen LogP contribution >= 0.6 is 0 Å². The lowest BCUT2D eigenvalue weighted by Gasteiger charge is -2.15. The fourth-order valence-electron chi connectivity index (χ4n) is 1.99. The van der Waals surface area contributed by atoms with Crippen molar-refractivity contribution in [3.8, 4) is 16.9 Å². The standard InChI is InChI=1S/C14H9F6NO2/c15-13(16,17)12-11(9(7-22)5-6-21-12)8-1-3-10(4-2-8)23-14(18,19)20/h1-6,22H,7H2. The number of benzene rings is 1. The highest BCUT2D eigenvalue weighted by Crippen LogP contribution is 2.38. The molecule has 2 rings (SSSR count).